The van der Waals surface area contributed by atoms with E-state index in [4.69, 9.17) is 4.42 Å². The second-order valence-corrected chi connectivity index (χ2v) is 4.01. The van der Waals surface area contributed by atoms with Gasteiger partial charge in [0.15, 0.2) is 0 Å². The Balaban J connectivity index is 2.07. The van der Waals surface area contributed by atoms with Gasteiger partial charge in [-0.25, -0.2) is 4.98 Å². The molecule has 0 aliphatic heterocycles. The quantitative estimate of drug-likeness (QED) is 0.722. The highest BCUT2D eigenvalue weighted by Crippen LogP contribution is 2.29. The van der Waals surface area contributed by atoms with E-state index in [0.29, 0.717) is 0 Å². The van der Waals surface area contributed by atoms with Crippen molar-refractivity contribution in [2.75, 3.05) is 12.4 Å². The molecule has 0 amide bonds. The fraction of sp³-hybridized carbons (Fsp3) is 0.0714. The lowest BCUT2D eigenvalue weighted by Crippen LogP contribution is -1.90. The number of hydrogen-bond acceptors (Lipinski definition) is 4. The molecule has 3 aromatic rings. The fourth-order valence-corrected chi connectivity index (χ4v) is 1.86. The van der Waals surface area contributed by atoms with Gasteiger partial charge < -0.3 is 14.8 Å². The Morgan fingerprint density at radius 1 is 1.17 bits per heavy atom. The van der Waals surface area contributed by atoms with Crippen LogP contribution in [0.1, 0.15) is 0 Å². The molecule has 3 rings (SSSR count). The number of pyridine rings is 1. The molecule has 0 radical (unpaired) electrons. The van der Waals surface area contributed by atoms with Gasteiger partial charge in [-0.15, -0.1) is 0 Å². The molecule has 0 aliphatic carbocycles. The van der Waals surface area contributed by atoms with Crippen LogP contribution in [0.5, 0.6) is 5.75 Å². The van der Waals surface area contributed by atoms with Crippen molar-refractivity contribution < 1.29 is 9.52 Å². The molecule has 2 heterocycles. The van der Waals surface area contributed by atoms with Crippen LogP contribution in [0.15, 0.2) is 47.0 Å². The highest BCUT2D eigenvalue weighted by atomic mass is 16.3. The maximum absolute atomic E-state index is 9.42. The van der Waals surface area contributed by atoms with E-state index >= 15 is 0 Å². The molecule has 1 aromatic carbocycles. The van der Waals surface area contributed by atoms with Crippen molar-refractivity contribution in [1.29, 1.82) is 0 Å². The lowest BCUT2D eigenvalue weighted by Gasteiger charge is -1.99. The van der Waals surface area contributed by atoms with Gasteiger partial charge in [-0.05, 0) is 36.4 Å². The van der Waals surface area contributed by atoms with E-state index in [2.05, 4.69) is 10.3 Å². The second-order valence-electron chi connectivity index (χ2n) is 4.01. The van der Waals surface area contributed by atoms with E-state index in [1.165, 1.54) is 0 Å². The smallest absolute Gasteiger partial charge is 0.136 e. The molecule has 90 valence electrons. The van der Waals surface area contributed by atoms with Gasteiger partial charge >= 0.3 is 0 Å². The summed E-state index contributed by atoms with van der Waals surface area (Å²) in [6, 6.07) is 10.8. The fourth-order valence-electron chi connectivity index (χ4n) is 1.86. The molecule has 0 spiro atoms. The zero-order chi connectivity index (χ0) is 12.5. The standard InChI is InChI=1S/C14H12N2O2/c1-15-14-5-2-9(8-16-14)13-7-10-6-11(17)3-4-12(10)18-13/h2-8,17H,1H3,(H,15,16). The first-order valence-corrected chi connectivity index (χ1v) is 5.63. The monoisotopic (exact) mass is 240 g/mol. The van der Waals surface area contributed by atoms with Gasteiger partial charge in [0, 0.05) is 24.2 Å². The second kappa shape index (κ2) is 4.07. The lowest BCUT2D eigenvalue weighted by molar-refractivity contribution is 0.476. The summed E-state index contributed by atoms with van der Waals surface area (Å²) in [7, 11) is 1.83. The van der Waals surface area contributed by atoms with E-state index < -0.39 is 0 Å². The number of fused-ring (bicyclic) bond motifs is 1. The third kappa shape index (κ3) is 1.78. The van der Waals surface area contributed by atoms with Crippen LogP contribution in [-0.2, 0) is 0 Å². The minimum Gasteiger partial charge on any atom is -0.508 e. The van der Waals surface area contributed by atoms with Crippen LogP contribution in [0, 0.1) is 0 Å². The molecule has 4 heteroatoms. The molecule has 18 heavy (non-hydrogen) atoms. The number of nitrogens with one attached hydrogen (secondary N) is 1. The molecule has 4 nitrogen and oxygen atoms in total. The molecular weight excluding hydrogens is 228 g/mol. The Morgan fingerprint density at radius 2 is 2.06 bits per heavy atom. The van der Waals surface area contributed by atoms with Crippen molar-refractivity contribution in [3.8, 4) is 17.1 Å². The largest absolute Gasteiger partial charge is 0.508 e. The molecule has 0 atom stereocenters. The number of aromatic nitrogens is 1. The Morgan fingerprint density at radius 3 is 2.78 bits per heavy atom. The summed E-state index contributed by atoms with van der Waals surface area (Å²) in [5.41, 5.74) is 1.66. The highest BCUT2D eigenvalue weighted by molar-refractivity contribution is 5.83. The number of benzene rings is 1. The predicted octanol–water partition coefficient (Wildman–Crippen LogP) is 3.24. The first-order chi connectivity index (χ1) is 8.76. The number of hydrogen-bond donors (Lipinski definition) is 2. The summed E-state index contributed by atoms with van der Waals surface area (Å²) in [6.07, 6.45) is 1.75. The van der Waals surface area contributed by atoms with Crippen LogP contribution in [0.2, 0.25) is 0 Å². The van der Waals surface area contributed by atoms with E-state index in [9.17, 15) is 5.11 Å². The first-order valence-electron chi connectivity index (χ1n) is 5.63. The van der Waals surface area contributed by atoms with Gasteiger partial charge in [0.25, 0.3) is 0 Å². The third-order valence-corrected chi connectivity index (χ3v) is 2.80. The van der Waals surface area contributed by atoms with Crippen molar-refractivity contribution in [1.82, 2.24) is 4.98 Å². The number of nitrogens with zero attached hydrogens (tertiary/aromatic N) is 1. The maximum Gasteiger partial charge on any atom is 0.136 e. The Kier molecular flexibility index (Phi) is 2.41. The molecule has 0 saturated carbocycles. The van der Waals surface area contributed by atoms with Crippen LogP contribution in [-0.4, -0.2) is 17.1 Å². The van der Waals surface area contributed by atoms with Crippen LogP contribution in [0.25, 0.3) is 22.3 Å². The van der Waals surface area contributed by atoms with Crippen molar-refractivity contribution in [3.05, 3.63) is 42.6 Å². The number of phenols is 1. The van der Waals surface area contributed by atoms with Gasteiger partial charge in [-0.3, -0.25) is 0 Å². The van der Waals surface area contributed by atoms with Gasteiger partial charge in [-0.2, -0.15) is 0 Å². The molecule has 0 unspecified atom stereocenters. The Labute approximate surface area is 104 Å². The van der Waals surface area contributed by atoms with Gasteiger partial charge in [0.2, 0.25) is 0 Å². The summed E-state index contributed by atoms with van der Waals surface area (Å²) < 4.78 is 5.71. The number of rotatable bonds is 2. The van der Waals surface area contributed by atoms with Crippen LogP contribution in [0.4, 0.5) is 5.82 Å². The Hall–Kier alpha value is -2.49. The van der Waals surface area contributed by atoms with Gasteiger partial charge in [0.05, 0.1) is 0 Å². The van der Waals surface area contributed by atoms with E-state index in [1.54, 1.807) is 24.4 Å². The lowest BCUT2D eigenvalue weighted by atomic mass is 10.2. The normalized spacial score (nSPS) is 10.7. The summed E-state index contributed by atoms with van der Waals surface area (Å²) in [6.45, 7) is 0. The van der Waals surface area contributed by atoms with Crippen molar-refractivity contribution in [2.24, 2.45) is 0 Å². The summed E-state index contributed by atoms with van der Waals surface area (Å²) >= 11 is 0. The van der Waals surface area contributed by atoms with Crippen molar-refractivity contribution >= 4 is 16.8 Å². The summed E-state index contributed by atoms with van der Waals surface area (Å²) in [4.78, 5) is 4.24. The molecule has 0 fully saturated rings. The minimum atomic E-state index is 0.235. The number of phenolic OH excluding ortho intramolecular Hbond substituents is 1. The number of anilines is 1. The number of furan rings is 1. The van der Waals surface area contributed by atoms with E-state index in [1.807, 2.05) is 25.2 Å². The zero-order valence-electron chi connectivity index (χ0n) is 9.84. The summed E-state index contributed by atoms with van der Waals surface area (Å²) in [5, 5.41) is 13.3. The summed E-state index contributed by atoms with van der Waals surface area (Å²) in [5.74, 6) is 1.79. The van der Waals surface area contributed by atoms with Gasteiger partial charge in [0.1, 0.15) is 22.9 Å². The Bertz CT molecular complexity index is 687. The molecule has 0 saturated heterocycles. The van der Waals surface area contributed by atoms with Crippen LogP contribution >= 0.6 is 0 Å². The van der Waals surface area contributed by atoms with Crippen LogP contribution in [0.3, 0.4) is 0 Å². The topological polar surface area (TPSA) is 58.3 Å². The molecule has 2 aromatic heterocycles. The predicted molar refractivity (Wildman–Crippen MR) is 70.7 cm³/mol. The first kappa shape index (κ1) is 10.7. The van der Waals surface area contributed by atoms with Crippen molar-refractivity contribution in [2.45, 2.75) is 0 Å². The number of aromatic hydroxyl groups is 1. The molecule has 2 N–H and O–H groups in total. The zero-order valence-corrected chi connectivity index (χ0v) is 9.84. The van der Waals surface area contributed by atoms with E-state index in [-0.39, 0.29) is 5.75 Å². The van der Waals surface area contributed by atoms with Gasteiger partial charge in [-0.1, -0.05) is 0 Å². The van der Waals surface area contributed by atoms with E-state index in [0.717, 1.165) is 28.1 Å². The van der Waals surface area contributed by atoms with Crippen molar-refractivity contribution in [3.63, 3.8) is 0 Å². The van der Waals surface area contributed by atoms with Crippen LogP contribution < -0.4 is 5.32 Å². The average molecular weight is 240 g/mol. The molecule has 0 aliphatic rings. The maximum atomic E-state index is 9.42. The molecule has 0 bridgehead atoms. The SMILES string of the molecule is CNc1ccc(-c2cc3cc(O)ccc3o2)cn1. The third-order valence-electron chi connectivity index (χ3n) is 2.80. The average Bonchev–Trinajstić information content (AvgIpc) is 2.81. The highest BCUT2D eigenvalue weighted by Gasteiger charge is 2.07. The minimum absolute atomic E-state index is 0.235. The molecular formula is C14H12N2O2.